The Morgan fingerprint density at radius 3 is 2.40 bits per heavy atom. The molecule has 0 heterocycles. The number of hydrogen-bond donors (Lipinski definition) is 1. The molecule has 0 aromatic heterocycles. The molecule has 112 valence electrons. The average Bonchev–Trinajstić information content (AvgIpc) is 2.43. The molecule has 0 aliphatic carbocycles. The fraction of sp³-hybridized carbons (Fsp3) is 0.588. The number of carboxylic acid groups (broad SMARTS) is 1. The highest BCUT2D eigenvalue weighted by molar-refractivity contribution is 5.88. The summed E-state index contributed by atoms with van der Waals surface area (Å²) in [7, 11) is 0. The standard InChI is InChI=1S/C17H26O3/c1-3-4-5-6-7-8-9-12-20-16-13-15(17(18)19)11-10-14(16)2/h10-11,13H,3-9,12H2,1-2H3,(H,18,19). The maximum absolute atomic E-state index is 10.9. The summed E-state index contributed by atoms with van der Waals surface area (Å²) >= 11 is 0. The number of aryl methyl sites for hydroxylation is 1. The van der Waals surface area contributed by atoms with Gasteiger partial charge in [-0.2, -0.15) is 0 Å². The molecule has 0 fully saturated rings. The molecule has 1 rings (SSSR count). The van der Waals surface area contributed by atoms with Crippen molar-refractivity contribution >= 4 is 5.97 Å². The van der Waals surface area contributed by atoms with E-state index < -0.39 is 5.97 Å². The van der Waals surface area contributed by atoms with Crippen LogP contribution in [0.1, 0.15) is 67.8 Å². The van der Waals surface area contributed by atoms with Gasteiger partial charge in [-0.3, -0.25) is 0 Å². The fourth-order valence-corrected chi connectivity index (χ4v) is 2.13. The normalized spacial score (nSPS) is 10.5. The molecule has 1 aromatic rings. The summed E-state index contributed by atoms with van der Waals surface area (Å²) in [6.07, 6.45) is 8.72. The first kappa shape index (κ1) is 16.5. The van der Waals surface area contributed by atoms with Crippen molar-refractivity contribution in [1.29, 1.82) is 0 Å². The number of carbonyl (C=O) groups is 1. The molecule has 20 heavy (non-hydrogen) atoms. The zero-order valence-electron chi connectivity index (χ0n) is 12.7. The quantitative estimate of drug-likeness (QED) is 0.624. The Morgan fingerprint density at radius 2 is 1.75 bits per heavy atom. The zero-order chi connectivity index (χ0) is 14.8. The Hall–Kier alpha value is -1.51. The van der Waals surface area contributed by atoms with Gasteiger partial charge >= 0.3 is 5.97 Å². The Kier molecular flexibility index (Phi) is 7.78. The van der Waals surface area contributed by atoms with Crippen LogP contribution >= 0.6 is 0 Å². The van der Waals surface area contributed by atoms with Crippen molar-refractivity contribution in [3.63, 3.8) is 0 Å². The van der Waals surface area contributed by atoms with Gasteiger partial charge in [0.1, 0.15) is 5.75 Å². The van der Waals surface area contributed by atoms with Gasteiger partial charge in [-0.15, -0.1) is 0 Å². The number of unbranched alkanes of at least 4 members (excludes halogenated alkanes) is 6. The molecule has 1 aromatic carbocycles. The third-order valence-electron chi connectivity index (χ3n) is 3.44. The molecule has 0 radical (unpaired) electrons. The Bertz CT molecular complexity index is 413. The molecule has 1 N–H and O–H groups in total. The minimum atomic E-state index is -0.911. The molecule has 0 unspecified atom stereocenters. The van der Waals surface area contributed by atoms with Crippen LogP contribution in [0.15, 0.2) is 18.2 Å². The van der Waals surface area contributed by atoms with Crippen molar-refractivity contribution in [1.82, 2.24) is 0 Å². The maximum Gasteiger partial charge on any atom is 0.335 e. The smallest absolute Gasteiger partial charge is 0.335 e. The third-order valence-corrected chi connectivity index (χ3v) is 3.44. The summed E-state index contributed by atoms with van der Waals surface area (Å²) < 4.78 is 5.69. The van der Waals surface area contributed by atoms with E-state index in [-0.39, 0.29) is 5.56 Å². The molecule has 0 bridgehead atoms. The second kappa shape index (κ2) is 9.40. The van der Waals surface area contributed by atoms with Crippen LogP contribution in [0.2, 0.25) is 0 Å². The molecule has 0 saturated heterocycles. The summed E-state index contributed by atoms with van der Waals surface area (Å²) in [5.41, 5.74) is 1.27. The average molecular weight is 278 g/mol. The highest BCUT2D eigenvalue weighted by Crippen LogP contribution is 2.20. The summed E-state index contributed by atoms with van der Waals surface area (Å²) in [5.74, 6) is -0.221. The van der Waals surface area contributed by atoms with E-state index in [1.165, 1.54) is 38.5 Å². The van der Waals surface area contributed by atoms with Gasteiger partial charge in [0, 0.05) is 0 Å². The van der Waals surface area contributed by atoms with E-state index >= 15 is 0 Å². The lowest BCUT2D eigenvalue weighted by molar-refractivity contribution is 0.0696. The second-order valence-electron chi connectivity index (χ2n) is 5.26. The summed E-state index contributed by atoms with van der Waals surface area (Å²) in [6.45, 7) is 4.82. The minimum absolute atomic E-state index is 0.283. The van der Waals surface area contributed by atoms with Crippen LogP contribution < -0.4 is 4.74 Å². The van der Waals surface area contributed by atoms with Crippen molar-refractivity contribution in [2.75, 3.05) is 6.61 Å². The van der Waals surface area contributed by atoms with Crippen LogP contribution in [0.3, 0.4) is 0 Å². The Morgan fingerprint density at radius 1 is 1.10 bits per heavy atom. The van der Waals surface area contributed by atoms with E-state index in [2.05, 4.69) is 6.92 Å². The first-order chi connectivity index (χ1) is 9.65. The molecule has 0 atom stereocenters. The molecule has 3 heteroatoms. The van der Waals surface area contributed by atoms with Crippen LogP contribution in [0, 0.1) is 6.92 Å². The largest absolute Gasteiger partial charge is 0.493 e. The number of aromatic carboxylic acids is 1. The maximum atomic E-state index is 10.9. The summed E-state index contributed by atoms with van der Waals surface area (Å²) in [5, 5.41) is 8.96. The number of rotatable bonds is 10. The van der Waals surface area contributed by atoms with E-state index in [1.54, 1.807) is 18.2 Å². The lowest BCUT2D eigenvalue weighted by Crippen LogP contribution is -2.02. The highest BCUT2D eigenvalue weighted by Gasteiger charge is 2.06. The molecule has 0 amide bonds. The number of ether oxygens (including phenoxy) is 1. The fourth-order valence-electron chi connectivity index (χ4n) is 2.13. The van der Waals surface area contributed by atoms with Crippen molar-refractivity contribution < 1.29 is 14.6 Å². The highest BCUT2D eigenvalue weighted by atomic mass is 16.5. The van der Waals surface area contributed by atoms with Gasteiger partial charge in [0.15, 0.2) is 0 Å². The monoisotopic (exact) mass is 278 g/mol. The second-order valence-corrected chi connectivity index (χ2v) is 5.26. The number of carboxylic acids is 1. The van der Waals surface area contributed by atoms with Gasteiger partial charge in [0.2, 0.25) is 0 Å². The van der Waals surface area contributed by atoms with E-state index in [4.69, 9.17) is 9.84 Å². The van der Waals surface area contributed by atoms with Crippen molar-refractivity contribution in [3.05, 3.63) is 29.3 Å². The zero-order valence-corrected chi connectivity index (χ0v) is 12.7. The molecule has 3 nitrogen and oxygen atoms in total. The third kappa shape index (κ3) is 6.09. The van der Waals surface area contributed by atoms with Crippen LogP contribution in [0.25, 0.3) is 0 Å². The minimum Gasteiger partial charge on any atom is -0.493 e. The van der Waals surface area contributed by atoms with Gasteiger partial charge in [-0.25, -0.2) is 4.79 Å². The Labute approximate surface area is 122 Å². The lowest BCUT2D eigenvalue weighted by Gasteiger charge is -2.09. The number of hydrogen-bond acceptors (Lipinski definition) is 2. The van der Waals surface area contributed by atoms with Crippen molar-refractivity contribution in [2.24, 2.45) is 0 Å². The van der Waals surface area contributed by atoms with Crippen LogP contribution in [-0.4, -0.2) is 17.7 Å². The molecule has 0 aliphatic heterocycles. The molecular formula is C17H26O3. The topological polar surface area (TPSA) is 46.5 Å². The lowest BCUT2D eigenvalue weighted by atomic mass is 10.1. The van der Waals surface area contributed by atoms with E-state index in [0.29, 0.717) is 12.4 Å². The number of benzene rings is 1. The predicted octanol–water partition coefficient (Wildman–Crippen LogP) is 4.82. The van der Waals surface area contributed by atoms with Gasteiger partial charge in [0.05, 0.1) is 12.2 Å². The first-order valence-electron chi connectivity index (χ1n) is 7.62. The van der Waals surface area contributed by atoms with Gasteiger partial charge in [0.25, 0.3) is 0 Å². The Balaban J connectivity index is 2.24. The van der Waals surface area contributed by atoms with Gasteiger partial charge in [-0.05, 0) is 31.0 Å². The summed E-state index contributed by atoms with van der Waals surface area (Å²) in [4.78, 5) is 10.9. The van der Waals surface area contributed by atoms with Gasteiger partial charge < -0.3 is 9.84 Å². The molecule has 0 saturated carbocycles. The molecule has 0 spiro atoms. The van der Waals surface area contributed by atoms with E-state index in [1.807, 2.05) is 6.92 Å². The van der Waals surface area contributed by atoms with E-state index in [9.17, 15) is 4.79 Å². The van der Waals surface area contributed by atoms with Crippen LogP contribution in [-0.2, 0) is 0 Å². The first-order valence-corrected chi connectivity index (χ1v) is 7.62. The van der Waals surface area contributed by atoms with Gasteiger partial charge in [-0.1, -0.05) is 51.5 Å². The van der Waals surface area contributed by atoms with Crippen molar-refractivity contribution in [3.8, 4) is 5.75 Å². The van der Waals surface area contributed by atoms with Crippen molar-refractivity contribution in [2.45, 2.75) is 58.8 Å². The predicted molar refractivity (Wildman–Crippen MR) is 81.6 cm³/mol. The summed E-state index contributed by atoms with van der Waals surface area (Å²) in [6, 6.07) is 5.01. The van der Waals surface area contributed by atoms with E-state index in [0.717, 1.165) is 12.0 Å². The van der Waals surface area contributed by atoms with Crippen LogP contribution in [0.5, 0.6) is 5.75 Å². The SMILES string of the molecule is CCCCCCCCCOc1cc(C(=O)O)ccc1C. The molecule has 0 aliphatic rings. The van der Waals surface area contributed by atoms with Crippen LogP contribution in [0.4, 0.5) is 0 Å². The molecular weight excluding hydrogens is 252 g/mol.